The van der Waals surface area contributed by atoms with Gasteiger partial charge in [0.15, 0.2) is 6.61 Å². The van der Waals surface area contributed by atoms with E-state index in [2.05, 4.69) is 15.0 Å². The van der Waals surface area contributed by atoms with Crippen LogP contribution in [-0.2, 0) is 6.54 Å². The Labute approximate surface area is 139 Å². The van der Waals surface area contributed by atoms with Crippen LogP contribution in [0.25, 0.3) is 0 Å². The summed E-state index contributed by atoms with van der Waals surface area (Å²) < 4.78 is 41.3. The summed E-state index contributed by atoms with van der Waals surface area (Å²) >= 11 is 0. The van der Waals surface area contributed by atoms with Crippen LogP contribution in [0, 0.1) is 6.92 Å². The van der Waals surface area contributed by atoms with Crippen LogP contribution in [0.4, 0.5) is 13.2 Å². The molecule has 0 aliphatic carbocycles. The standard InChI is InChI=1S/C16H22F3N3O2/c1-13-9-14(10-20-15(13)24-12-16(17,18)19)11-22-7-4-6-21(22)5-2-3-8-23/h4,6,9-10,23H,2-3,5,7-8,11-12H2,1H3. The molecule has 0 radical (unpaired) electrons. The van der Waals surface area contributed by atoms with Gasteiger partial charge < -0.3 is 14.9 Å². The zero-order chi connectivity index (χ0) is 17.6. The van der Waals surface area contributed by atoms with Crippen molar-refractivity contribution in [2.75, 3.05) is 26.3 Å². The van der Waals surface area contributed by atoms with Gasteiger partial charge in [0, 0.05) is 44.2 Å². The smallest absolute Gasteiger partial charge is 0.422 e. The van der Waals surface area contributed by atoms with Gasteiger partial charge >= 0.3 is 6.18 Å². The highest BCUT2D eigenvalue weighted by atomic mass is 19.4. The number of hydrazine groups is 1. The Morgan fingerprint density at radius 1 is 1.33 bits per heavy atom. The molecule has 0 saturated heterocycles. The Morgan fingerprint density at radius 3 is 2.79 bits per heavy atom. The largest absolute Gasteiger partial charge is 0.468 e. The number of pyridine rings is 1. The van der Waals surface area contributed by atoms with Crippen molar-refractivity contribution < 1.29 is 23.0 Å². The fourth-order valence-corrected chi connectivity index (χ4v) is 2.47. The number of halogens is 3. The molecule has 0 atom stereocenters. The van der Waals surface area contributed by atoms with Crippen LogP contribution in [0.5, 0.6) is 5.88 Å². The van der Waals surface area contributed by atoms with E-state index in [1.165, 1.54) is 0 Å². The van der Waals surface area contributed by atoms with E-state index in [1.807, 2.05) is 12.3 Å². The molecule has 0 amide bonds. The molecule has 0 bridgehead atoms. The number of aromatic nitrogens is 1. The number of alkyl halides is 3. The molecule has 0 fully saturated rings. The number of ether oxygens (including phenoxy) is 1. The summed E-state index contributed by atoms with van der Waals surface area (Å²) in [5.41, 5.74) is 1.48. The van der Waals surface area contributed by atoms with E-state index in [-0.39, 0.29) is 12.5 Å². The third-order valence-corrected chi connectivity index (χ3v) is 3.58. The zero-order valence-corrected chi connectivity index (χ0v) is 13.6. The number of aryl methyl sites for hydroxylation is 1. The van der Waals surface area contributed by atoms with Crippen molar-refractivity contribution in [1.82, 2.24) is 15.0 Å². The van der Waals surface area contributed by atoms with E-state index in [0.717, 1.165) is 31.5 Å². The Morgan fingerprint density at radius 2 is 2.12 bits per heavy atom. The van der Waals surface area contributed by atoms with Gasteiger partial charge in [-0.3, -0.25) is 0 Å². The van der Waals surface area contributed by atoms with Crippen molar-refractivity contribution in [2.24, 2.45) is 0 Å². The van der Waals surface area contributed by atoms with Gasteiger partial charge in [-0.05, 0) is 31.4 Å². The summed E-state index contributed by atoms with van der Waals surface area (Å²) in [7, 11) is 0. The van der Waals surface area contributed by atoms with Crippen molar-refractivity contribution in [3.05, 3.63) is 35.7 Å². The number of nitrogens with zero attached hydrogens (tertiary/aromatic N) is 3. The van der Waals surface area contributed by atoms with Crippen LogP contribution < -0.4 is 4.74 Å². The molecule has 24 heavy (non-hydrogen) atoms. The molecule has 0 aromatic carbocycles. The molecular weight excluding hydrogens is 323 g/mol. The molecule has 1 aliphatic rings. The number of rotatable bonds is 8. The highest BCUT2D eigenvalue weighted by Gasteiger charge is 2.29. The molecule has 8 heteroatoms. The van der Waals surface area contributed by atoms with Crippen LogP contribution in [0.2, 0.25) is 0 Å². The Hall–Kier alpha value is -1.80. The quantitative estimate of drug-likeness (QED) is 0.734. The average Bonchev–Trinajstić information content (AvgIpc) is 2.93. The number of aliphatic hydroxyl groups is 1. The number of unbranched alkanes of at least 4 members (excludes halogenated alkanes) is 1. The molecular formula is C16H22F3N3O2. The van der Waals surface area contributed by atoms with E-state index in [0.29, 0.717) is 12.1 Å². The number of hydrogen-bond acceptors (Lipinski definition) is 5. The van der Waals surface area contributed by atoms with E-state index in [9.17, 15) is 13.2 Å². The Kier molecular flexibility index (Phi) is 6.44. The lowest BCUT2D eigenvalue weighted by Gasteiger charge is -2.29. The normalized spacial score (nSPS) is 15.3. The molecule has 0 saturated carbocycles. The molecule has 5 nitrogen and oxygen atoms in total. The topological polar surface area (TPSA) is 48.8 Å². The first-order valence-electron chi connectivity index (χ1n) is 7.83. The summed E-state index contributed by atoms with van der Waals surface area (Å²) in [6.07, 6.45) is 2.85. The molecule has 0 unspecified atom stereocenters. The van der Waals surface area contributed by atoms with Crippen LogP contribution in [0.15, 0.2) is 24.5 Å². The lowest BCUT2D eigenvalue weighted by atomic mass is 10.2. The first kappa shape index (κ1) is 18.5. The van der Waals surface area contributed by atoms with Gasteiger partial charge in [0.25, 0.3) is 0 Å². The molecule has 0 spiro atoms. The van der Waals surface area contributed by atoms with Gasteiger partial charge in [0.1, 0.15) is 0 Å². The lowest BCUT2D eigenvalue weighted by molar-refractivity contribution is -0.154. The molecule has 1 aliphatic heterocycles. The molecule has 1 aromatic rings. The summed E-state index contributed by atoms with van der Waals surface area (Å²) in [5, 5.41) is 13.0. The molecule has 2 heterocycles. The minimum Gasteiger partial charge on any atom is -0.468 e. The van der Waals surface area contributed by atoms with E-state index in [4.69, 9.17) is 9.84 Å². The second kappa shape index (κ2) is 8.34. The molecule has 2 rings (SSSR count). The maximum absolute atomic E-state index is 12.2. The summed E-state index contributed by atoms with van der Waals surface area (Å²) in [4.78, 5) is 4.00. The maximum Gasteiger partial charge on any atom is 0.422 e. The summed E-state index contributed by atoms with van der Waals surface area (Å²) in [6.45, 7) is 2.72. The SMILES string of the molecule is Cc1cc(CN2CC=CN2CCCCO)cnc1OCC(F)(F)F. The number of aliphatic hydroxyl groups excluding tert-OH is 1. The van der Waals surface area contributed by atoms with Crippen molar-refractivity contribution in [2.45, 2.75) is 32.5 Å². The van der Waals surface area contributed by atoms with Crippen LogP contribution in [0.1, 0.15) is 24.0 Å². The highest BCUT2D eigenvalue weighted by Crippen LogP contribution is 2.21. The van der Waals surface area contributed by atoms with E-state index in [1.54, 1.807) is 19.2 Å². The van der Waals surface area contributed by atoms with Crippen molar-refractivity contribution in [3.63, 3.8) is 0 Å². The van der Waals surface area contributed by atoms with Gasteiger partial charge in [-0.2, -0.15) is 13.2 Å². The molecule has 1 N–H and O–H groups in total. The van der Waals surface area contributed by atoms with Gasteiger partial charge in [0.2, 0.25) is 5.88 Å². The van der Waals surface area contributed by atoms with Gasteiger partial charge in [-0.15, -0.1) is 0 Å². The molecule has 134 valence electrons. The van der Waals surface area contributed by atoms with Crippen LogP contribution in [-0.4, -0.2) is 52.6 Å². The summed E-state index contributed by atoms with van der Waals surface area (Å²) in [6, 6.07) is 1.79. The van der Waals surface area contributed by atoms with Crippen molar-refractivity contribution in [1.29, 1.82) is 0 Å². The minimum atomic E-state index is -4.37. The molecule has 1 aromatic heterocycles. The highest BCUT2D eigenvalue weighted by molar-refractivity contribution is 5.28. The van der Waals surface area contributed by atoms with E-state index < -0.39 is 12.8 Å². The van der Waals surface area contributed by atoms with Gasteiger partial charge in [0.05, 0.1) is 0 Å². The summed E-state index contributed by atoms with van der Waals surface area (Å²) in [5.74, 6) is 0.00965. The minimum absolute atomic E-state index is 0.00965. The van der Waals surface area contributed by atoms with Crippen LogP contribution >= 0.6 is 0 Å². The second-order valence-corrected chi connectivity index (χ2v) is 5.70. The monoisotopic (exact) mass is 345 g/mol. The fraction of sp³-hybridized carbons (Fsp3) is 0.562. The van der Waals surface area contributed by atoms with Crippen molar-refractivity contribution in [3.8, 4) is 5.88 Å². The predicted octanol–water partition coefficient (Wildman–Crippen LogP) is 2.65. The average molecular weight is 345 g/mol. The lowest BCUT2D eigenvalue weighted by Crippen LogP contribution is -2.35. The van der Waals surface area contributed by atoms with Crippen molar-refractivity contribution >= 4 is 0 Å². The predicted molar refractivity (Wildman–Crippen MR) is 83.1 cm³/mol. The fourth-order valence-electron chi connectivity index (χ4n) is 2.47. The third-order valence-electron chi connectivity index (χ3n) is 3.58. The third kappa shape index (κ3) is 5.68. The van der Waals surface area contributed by atoms with Gasteiger partial charge in [-0.25, -0.2) is 9.99 Å². The first-order valence-corrected chi connectivity index (χ1v) is 7.83. The van der Waals surface area contributed by atoms with E-state index >= 15 is 0 Å². The zero-order valence-electron chi connectivity index (χ0n) is 13.6. The van der Waals surface area contributed by atoms with Crippen LogP contribution in [0.3, 0.4) is 0 Å². The second-order valence-electron chi connectivity index (χ2n) is 5.70. The van der Waals surface area contributed by atoms with Gasteiger partial charge in [-0.1, -0.05) is 6.08 Å². The Bertz CT molecular complexity index is 564. The Balaban J connectivity index is 1.92. The maximum atomic E-state index is 12.2. The number of hydrogen-bond donors (Lipinski definition) is 1. The first-order chi connectivity index (χ1) is 11.4.